The van der Waals surface area contributed by atoms with Crippen molar-refractivity contribution in [1.29, 1.82) is 0 Å². The van der Waals surface area contributed by atoms with E-state index in [1.807, 2.05) is 0 Å². The lowest BCUT2D eigenvalue weighted by Crippen LogP contribution is -2.07. The van der Waals surface area contributed by atoms with Crippen LogP contribution in [-0.2, 0) is 4.74 Å². The van der Waals surface area contributed by atoms with E-state index in [0.717, 1.165) is 18.2 Å². The van der Waals surface area contributed by atoms with Crippen LogP contribution in [0.4, 0.5) is 14.5 Å². The number of ether oxygens (including phenoxy) is 2. The van der Waals surface area contributed by atoms with Crippen LogP contribution in [0, 0.1) is 11.6 Å². The van der Waals surface area contributed by atoms with Gasteiger partial charge in [0.2, 0.25) is 0 Å². The molecule has 4 nitrogen and oxygen atoms in total. The van der Waals surface area contributed by atoms with Gasteiger partial charge in [0.05, 0.1) is 12.7 Å². The van der Waals surface area contributed by atoms with Crippen LogP contribution in [0.5, 0.6) is 11.5 Å². The molecule has 0 aliphatic carbocycles. The molecule has 0 unspecified atom stereocenters. The molecule has 0 saturated heterocycles. The number of nitrogens with two attached hydrogens (primary N) is 1. The second kappa shape index (κ2) is 6.09. The molecule has 0 aliphatic heterocycles. The lowest BCUT2D eigenvalue weighted by Gasteiger charge is -2.11. The first-order chi connectivity index (χ1) is 9.92. The van der Waals surface area contributed by atoms with Crippen molar-refractivity contribution in [2.45, 2.75) is 0 Å². The largest absolute Gasteiger partial charge is 0.465 e. The molecule has 0 heterocycles. The van der Waals surface area contributed by atoms with E-state index >= 15 is 0 Å². The summed E-state index contributed by atoms with van der Waals surface area (Å²) in [7, 11) is 1.17. The van der Waals surface area contributed by atoms with Crippen molar-refractivity contribution in [3.8, 4) is 11.5 Å². The van der Waals surface area contributed by atoms with E-state index in [4.69, 9.17) is 10.5 Å². The molecule has 0 radical (unpaired) electrons. The maximum Gasteiger partial charge on any atom is 0.340 e. The average molecular weight is 358 g/mol. The minimum Gasteiger partial charge on any atom is -0.465 e. The third kappa shape index (κ3) is 3.30. The first kappa shape index (κ1) is 15.2. The van der Waals surface area contributed by atoms with Crippen LogP contribution in [0.15, 0.2) is 34.8 Å². The Bertz CT molecular complexity index is 707. The van der Waals surface area contributed by atoms with E-state index in [1.165, 1.54) is 19.2 Å². The third-order valence-corrected chi connectivity index (χ3v) is 3.12. The number of methoxy groups -OCH3 is 1. The third-order valence-electron chi connectivity index (χ3n) is 2.62. The number of carbonyl (C=O) groups is 1. The second-order valence-electron chi connectivity index (χ2n) is 4.04. The van der Waals surface area contributed by atoms with Gasteiger partial charge in [-0.05, 0) is 18.2 Å². The summed E-state index contributed by atoms with van der Waals surface area (Å²) in [5, 5.41) is 0. The predicted octanol–water partition coefficient (Wildman–Crippen LogP) is 3.89. The van der Waals surface area contributed by atoms with Crippen molar-refractivity contribution in [3.63, 3.8) is 0 Å². The number of carbonyl (C=O) groups excluding carboxylic acids is 1. The number of anilines is 1. The fraction of sp³-hybridized carbons (Fsp3) is 0.0714. The van der Waals surface area contributed by atoms with Gasteiger partial charge in [-0.15, -0.1) is 0 Å². The standard InChI is InChI=1S/C14H10BrF2NO3/c1-20-14(19)8-5-13(10(17)6-11(8)18)21-12-4-7(15)2-3-9(12)16/h2-6H,18H2,1H3. The van der Waals surface area contributed by atoms with Crippen LogP contribution in [-0.4, -0.2) is 13.1 Å². The molecule has 2 aromatic rings. The molecule has 0 amide bonds. The molecule has 0 fully saturated rings. The molecule has 0 spiro atoms. The van der Waals surface area contributed by atoms with E-state index < -0.39 is 17.6 Å². The smallest absolute Gasteiger partial charge is 0.340 e. The van der Waals surface area contributed by atoms with E-state index in [-0.39, 0.29) is 22.7 Å². The van der Waals surface area contributed by atoms with Gasteiger partial charge in [-0.25, -0.2) is 13.6 Å². The Kier molecular flexibility index (Phi) is 4.42. The summed E-state index contributed by atoms with van der Waals surface area (Å²) < 4.78 is 37.7. The molecule has 2 rings (SSSR count). The highest BCUT2D eigenvalue weighted by Crippen LogP contribution is 2.31. The molecule has 2 aromatic carbocycles. The molecule has 0 aromatic heterocycles. The monoisotopic (exact) mass is 357 g/mol. The number of hydrogen-bond acceptors (Lipinski definition) is 4. The zero-order valence-electron chi connectivity index (χ0n) is 10.8. The van der Waals surface area contributed by atoms with Crippen LogP contribution in [0.1, 0.15) is 10.4 Å². The molecular weight excluding hydrogens is 348 g/mol. The van der Waals surface area contributed by atoms with Gasteiger partial charge < -0.3 is 15.2 Å². The number of nitrogen functional groups attached to an aromatic ring is 1. The maximum absolute atomic E-state index is 13.8. The zero-order valence-corrected chi connectivity index (χ0v) is 12.4. The van der Waals surface area contributed by atoms with E-state index in [2.05, 4.69) is 20.7 Å². The fourth-order valence-corrected chi connectivity index (χ4v) is 1.95. The number of esters is 1. The molecule has 0 aliphatic rings. The highest BCUT2D eigenvalue weighted by atomic mass is 79.9. The quantitative estimate of drug-likeness (QED) is 0.668. The van der Waals surface area contributed by atoms with E-state index in [1.54, 1.807) is 0 Å². The summed E-state index contributed by atoms with van der Waals surface area (Å²) >= 11 is 3.15. The molecular formula is C14H10BrF2NO3. The van der Waals surface area contributed by atoms with Crippen LogP contribution in [0.3, 0.4) is 0 Å². The highest BCUT2D eigenvalue weighted by Gasteiger charge is 2.17. The van der Waals surface area contributed by atoms with Crippen LogP contribution >= 0.6 is 15.9 Å². The Morgan fingerprint density at radius 3 is 2.48 bits per heavy atom. The maximum atomic E-state index is 13.8. The Labute approximate surface area is 127 Å². The first-order valence-corrected chi connectivity index (χ1v) is 6.52. The summed E-state index contributed by atoms with van der Waals surface area (Å²) in [4.78, 5) is 11.5. The van der Waals surface area contributed by atoms with Gasteiger partial charge in [-0.3, -0.25) is 0 Å². The summed E-state index contributed by atoms with van der Waals surface area (Å²) in [5.74, 6) is -2.76. The van der Waals surface area contributed by atoms with Gasteiger partial charge in [0.1, 0.15) is 0 Å². The number of rotatable bonds is 3. The Morgan fingerprint density at radius 1 is 1.14 bits per heavy atom. The normalized spacial score (nSPS) is 10.3. The van der Waals surface area contributed by atoms with Gasteiger partial charge in [-0.1, -0.05) is 15.9 Å². The minimum absolute atomic E-state index is 0.0655. The number of benzene rings is 2. The molecule has 21 heavy (non-hydrogen) atoms. The van der Waals surface area contributed by atoms with Crippen molar-refractivity contribution >= 4 is 27.6 Å². The molecule has 2 N–H and O–H groups in total. The number of hydrogen-bond donors (Lipinski definition) is 1. The van der Waals surface area contributed by atoms with E-state index in [0.29, 0.717) is 4.47 Å². The van der Waals surface area contributed by atoms with Gasteiger partial charge >= 0.3 is 5.97 Å². The first-order valence-electron chi connectivity index (χ1n) is 5.72. The average Bonchev–Trinajstić information content (AvgIpc) is 2.44. The minimum atomic E-state index is -0.820. The van der Waals surface area contributed by atoms with Crippen LogP contribution < -0.4 is 10.5 Å². The molecule has 0 saturated carbocycles. The van der Waals surface area contributed by atoms with Crippen molar-refractivity contribution in [3.05, 3.63) is 52.0 Å². The zero-order chi connectivity index (χ0) is 15.6. The molecule has 0 atom stereocenters. The Morgan fingerprint density at radius 2 is 1.81 bits per heavy atom. The van der Waals surface area contributed by atoms with Crippen molar-refractivity contribution in [1.82, 2.24) is 0 Å². The highest BCUT2D eigenvalue weighted by molar-refractivity contribution is 9.10. The fourth-order valence-electron chi connectivity index (χ4n) is 1.61. The molecule has 7 heteroatoms. The molecule has 110 valence electrons. The summed E-state index contributed by atoms with van der Waals surface area (Å²) in [6, 6.07) is 5.95. The van der Waals surface area contributed by atoms with E-state index in [9.17, 15) is 13.6 Å². The van der Waals surface area contributed by atoms with Gasteiger partial charge in [-0.2, -0.15) is 0 Å². The van der Waals surface area contributed by atoms with Crippen molar-refractivity contribution < 1.29 is 23.0 Å². The van der Waals surface area contributed by atoms with Crippen LogP contribution in [0.25, 0.3) is 0 Å². The Balaban J connectivity index is 2.44. The van der Waals surface area contributed by atoms with Gasteiger partial charge in [0.15, 0.2) is 23.1 Å². The second-order valence-corrected chi connectivity index (χ2v) is 4.95. The predicted molar refractivity (Wildman–Crippen MR) is 76.3 cm³/mol. The summed E-state index contributed by atoms with van der Waals surface area (Å²) in [5.41, 5.74) is 5.37. The lowest BCUT2D eigenvalue weighted by molar-refractivity contribution is 0.0601. The summed E-state index contributed by atoms with van der Waals surface area (Å²) in [6.45, 7) is 0. The lowest BCUT2D eigenvalue weighted by atomic mass is 10.1. The Hall–Kier alpha value is -2.15. The summed E-state index contributed by atoms with van der Waals surface area (Å²) in [6.07, 6.45) is 0. The van der Waals surface area contributed by atoms with Crippen LogP contribution in [0.2, 0.25) is 0 Å². The van der Waals surface area contributed by atoms with Gasteiger partial charge in [0.25, 0.3) is 0 Å². The molecule has 0 bridgehead atoms. The number of halogens is 3. The van der Waals surface area contributed by atoms with Crippen molar-refractivity contribution in [2.75, 3.05) is 12.8 Å². The topological polar surface area (TPSA) is 61.5 Å². The van der Waals surface area contributed by atoms with Crippen molar-refractivity contribution in [2.24, 2.45) is 0 Å². The van der Waals surface area contributed by atoms with Gasteiger partial charge in [0, 0.05) is 22.3 Å². The SMILES string of the molecule is COC(=O)c1cc(Oc2cc(Br)ccc2F)c(F)cc1N.